The fourth-order valence-electron chi connectivity index (χ4n) is 1.87. The second-order valence-electron chi connectivity index (χ2n) is 4.83. The Morgan fingerprint density at radius 1 is 1.37 bits per heavy atom. The molecule has 0 aromatic heterocycles. The van der Waals surface area contributed by atoms with Crippen molar-refractivity contribution in [3.63, 3.8) is 0 Å². The molecule has 19 heavy (non-hydrogen) atoms. The van der Waals surface area contributed by atoms with Crippen molar-refractivity contribution in [3.8, 4) is 0 Å². The molecule has 0 heterocycles. The van der Waals surface area contributed by atoms with E-state index in [1.165, 1.54) is 13.8 Å². The van der Waals surface area contributed by atoms with Crippen molar-refractivity contribution >= 4 is 16.1 Å². The number of aliphatic carboxylic acids is 1. The third kappa shape index (κ3) is 3.20. The van der Waals surface area contributed by atoms with Crippen molar-refractivity contribution in [1.29, 1.82) is 0 Å². The minimum Gasteiger partial charge on any atom is -0.478 e. The SMILES string of the molecule is CC1(C)CCCC(C(=O)O)=C1OS(=O)(=O)C(F)(F)F. The van der Waals surface area contributed by atoms with Gasteiger partial charge in [-0.25, -0.2) is 4.79 Å². The number of alkyl halides is 3. The van der Waals surface area contributed by atoms with Crippen molar-refractivity contribution in [2.75, 3.05) is 0 Å². The molecule has 9 heteroatoms. The number of carbonyl (C=O) groups is 1. The van der Waals surface area contributed by atoms with Gasteiger partial charge in [0.1, 0.15) is 5.76 Å². The summed E-state index contributed by atoms with van der Waals surface area (Å²) in [6, 6.07) is 0. The van der Waals surface area contributed by atoms with Crippen LogP contribution in [0.25, 0.3) is 0 Å². The Morgan fingerprint density at radius 2 is 1.89 bits per heavy atom. The van der Waals surface area contributed by atoms with Gasteiger partial charge in [0.25, 0.3) is 0 Å². The van der Waals surface area contributed by atoms with Crippen LogP contribution in [0, 0.1) is 5.41 Å². The summed E-state index contributed by atoms with van der Waals surface area (Å²) in [5, 5.41) is 8.93. The molecule has 0 bridgehead atoms. The summed E-state index contributed by atoms with van der Waals surface area (Å²) in [5.41, 5.74) is -7.09. The molecule has 0 aromatic rings. The molecule has 0 amide bonds. The average Bonchev–Trinajstić information content (AvgIpc) is 2.18. The fourth-order valence-corrected chi connectivity index (χ4v) is 2.51. The van der Waals surface area contributed by atoms with Gasteiger partial charge in [-0.2, -0.15) is 21.6 Å². The van der Waals surface area contributed by atoms with Crippen LogP contribution in [-0.2, 0) is 19.1 Å². The van der Waals surface area contributed by atoms with Crippen molar-refractivity contribution in [3.05, 3.63) is 11.3 Å². The Kier molecular flexibility index (Phi) is 3.91. The van der Waals surface area contributed by atoms with Gasteiger partial charge in [0, 0.05) is 5.41 Å². The molecule has 0 saturated heterocycles. The van der Waals surface area contributed by atoms with Gasteiger partial charge < -0.3 is 9.29 Å². The lowest BCUT2D eigenvalue weighted by atomic mass is 9.78. The first-order chi connectivity index (χ1) is 8.38. The molecule has 110 valence electrons. The van der Waals surface area contributed by atoms with Gasteiger partial charge in [0.15, 0.2) is 0 Å². The normalized spacial score (nSPS) is 20.3. The lowest BCUT2D eigenvalue weighted by Gasteiger charge is -2.32. The molecule has 0 aliphatic heterocycles. The zero-order valence-electron chi connectivity index (χ0n) is 10.2. The molecule has 1 N–H and O–H groups in total. The number of rotatable bonds is 3. The van der Waals surface area contributed by atoms with Gasteiger partial charge >= 0.3 is 21.6 Å². The minimum absolute atomic E-state index is 0.0263. The summed E-state index contributed by atoms with van der Waals surface area (Å²) in [7, 11) is -5.86. The van der Waals surface area contributed by atoms with E-state index in [2.05, 4.69) is 4.18 Å². The van der Waals surface area contributed by atoms with Gasteiger partial charge in [-0.05, 0) is 19.3 Å². The minimum atomic E-state index is -5.86. The van der Waals surface area contributed by atoms with Crippen LogP contribution in [-0.4, -0.2) is 25.0 Å². The summed E-state index contributed by atoms with van der Waals surface area (Å²) in [4.78, 5) is 11.0. The molecule has 0 radical (unpaired) electrons. The van der Waals surface area contributed by atoms with E-state index in [-0.39, 0.29) is 6.42 Å². The van der Waals surface area contributed by atoms with Gasteiger partial charge in [-0.3, -0.25) is 0 Å². The Morgan fingerprint density at radius 3 is 2.32 bits per heavy atom. The number of halogens is 3. The van der Waals surface area contributed by atoms with Crippen molar-refractivity contribution in [1.82, 2.24) is 0 Å². The van der Waals surface area contributed by atoms with Crippen LogP contribution in [0.2, 0.25) is 0 Å². The van der Waals surface area contributed by atoms with Gasteiger partial charge in [-0.15, -0.1) is 0 Å². The maximum absolute atomic E-state index is 12.3. The van der Waals surface area contributed by atoms with Gasteiger partial charge in [-0.1, -0.05) is 13.8 Å². The van der Waals surface area contributed by atoms with Gasteiger partial charge in [0.05, 0.1) is 5.57 Å². The second-order valence-corrected chi connectivity index (χ2v) is 6.37. The van der Waals surface area contributed by atoms with E-state index in [1.807, 2.05) is 0 Å². The predicted molar refractivity (Wildman–Crippen MR) is 58.4 cm³/mol. The van der Waals surface area contributed by atoms with Crippen LogP contribution in [0.5, 0.6) is 0 Å². The highest BCUT2D eigenvalue weighted by molar-refractivity contribution is 7.87. The molecule has 1 rings (SSSR count). The average molecular weight is 302 g/mol. The van der Waals surface area contributed by atoms with E-state index in [9.17, 15) is 26.4 Å². The Labute approximate surface area is 108 Å². The molecular formula is C10H13F3O5S. The largest absolute Gasteiger partial charge is 0.534 e. The summed E-state index contributed by atoms with van der Waals surface area (Å²) in [5.74, 6) is -2.11. The van der Waals surface area contributed by atoms with Crippen LogP contribution < -0.4 is 0 Å². The van der Waals surface area contributed by atoms with E-state index in [0.29, 0.717) is 12.8 Å². The Hall–Kier alpha value is -1.25. The van der Waals surface area contributed by atoms with E-state index < -0.39 is 38.3 Å². The van der Waals surface area contributed by atoms with Gasteiger partial charge in [0.2, 0.25) is 0 Å². The fraction of sp³-hybridized carbons (Fsp3) is 0.700. The molecule has 0 unspecified atom stereocenters. The maximum Gasteiger partial charge on any atom is 0.534 e. The number of hydrogen-bond acceptors (Lipinski definition) is 4. The van der Waals surface area contributed by atoms with Crippen LogP contribution >= 0.6 is 0 Å². The molecule has 0 fully saturated rings. The molecule has 0 atom stereocenters. The molecule has 0 aromatic carbocycles. The van der Waals surface area contributed by atoms with Crippen molar-refractivity contribution in [2.45, 2.75) is 38.6 Å². The number of allylic oxidation sites excluding steroid dienone is 1. The van der Waals surface area contributed by atoms with E-state index >= 15 is 0 Å². The highest BCUT2D eigenvalue weighted by atomic mass is 32.2. The van der Waals surface area contributed by atoms with Crippen LogP contribution in [0.15, 0.2) is 11.3 Å². The first-order valence-corrected chi connectivity index (χ1v) is 6.77. The standard InChI is InChI=1S/C10H13F3O5S/c1-9(2)5-3-4-6(8(14)15)7(9)18-19(16,17)10(11,12)13/h3-5H2,1-2H3,(H,14,15). The summed E-state index contributed by atoms with van der Waals surface area (Å²) in [6.07, 6.45) is 0.752. The summed E-state index contributed by atoms with van der Waals surface area (Å²) < 4.78 is 62.9. The Balaban J connectivity index is 3.30. The quantitative estimate of drug-likeness (QED) is 0.639. The first-order valence-electron chi connectivity index (χ1n) is 5.36. The number of hydrogen-bond donors (Lipinski definition) is 1. The predicted octanol–water partition coefficient (Wildman–Crippen LogP) is 2.40. The third-order valence-corrected chi connectivity index (χ3v) is 3.81. The molecule has 0 saturated carbocycles. The van der Waals surface area contributed by atoms with E-state index in [1.54, 1.807) is 0 Å². The zero-order valence-corrected chi connectivity index (χ0v) is 11.1. The lowest BCUT2D eigenvalue weighted by Crippen LogP contribution is -2.32. The Bertz CT molecular complexity index is 516. The molecule has 1 aliphatic rings. The maximum atomic E-state index is 12.3. The molecule has 0 spiro atoms. The summed E-state index contributed by atoms with van der Waals surface area (Å²) >= 11 is 0. The third-order valence-electron chi connectivity index (χ3n) is 2.85. The zero-order chi connectivity index (χ0) is 15.1. The van der Waals surface area contributed by atoms with Crippen molar-refractivity contribution in [2.24, 2.45) is 5.41 Å². The van der Waals surface area contributed by atoms with E-state index in [4.69, 9.17) is 5.11 Å². The second kappa shape index (κ2) is 4.69. The number of carboxylic acids is 1. The highest BCUT2D eigenvalue weighted by Gasteiger charge is 2.51. The molecular weight excluding hydrogens is 289 g/mol. The smallest absolute Gasteiger partial charge is 0.478 e. The van der Waals surface area contributed by atoms with Crippen LogP contribution in [0.1, 0.15) is 33.1 Å². The van der Waals surface area contributed by atoms with Crippen molar-refractivity contribution < 1.29 is 35.7 Å². The number of carboxylic acid groups (broad SMARTS) is 1. The van der Waals surface area contributed by atoms with E-state index in [0.717, 1.165) is 0 Å². The molecule has 1 aliphatic carbocycles. The van der Waals surface area contributed by atoms with Crippen LogP contribution in [0.4, 0.5) is 13.2 Å². The molecule has 5 nitrogen and oxygen atoms in total. The monoisotopic (exact) mass is 302 g/mol. The topological polar surface area (TPSA) is 80.7 Å². The first kappa shape index (κ1) is 15.8. The highest BCUT2D eigenvalue weighted by Crippen LogP contribution is 2.43. The summed E-state index contributed by atoms with van der Waals surface area (Å²) in [6.45, 7) is 2.88. The van der Waals surface area contributed by atoms with Crippen LogP contribution in [0.3, 0.4) is 0 Å². The lowest BCUT2D eigenvalue weighted by molar-refractivity contribution is -0.133.